The first-order valence-electron chi connectivity index (χ1n) is 9.30. The van der Waals surface area contributed by atoms with E-state index >= 15 is 0 Å². The average molecular weight is 503 g/mol. The maximum atomic E-state index is 12.8. The molecule has 2 N–H and O–H groups in total. The van der Waals surface area contributed by atoms with Crippen LogP contribution in [0.15, 0.2) is 12.1 Å². The van der Waals surface area contributed by atoms with Crippen molar-refractivity contribution in [2.24, 2.45) is 5.92 Å². The molecule has 2 aliphatic rings. The summed E-state index contributed by atoms with van der Waals surface area (Å²) in [6.07, 6.45) is 0. The van der Waals surface area contributed by atoms with Gasteiger partial charge in [0.1, 0.15) is 0 Å². The number of carbonyl (C=O) groups excluding carboxylic acids is 2. The van der Waals surface area contributed by atoms with Crippen LogP contribution < -0.4 is 32.7 Å². The molecule has 1 unspecified atom stereocenters. The summed E-state index contributed by atoms with van der Waals surface area (Å²) in [6.45, 7) is 8.65. The summed E-state index contributed by atoms with van der Waals surface area (Å²) in [4.78, 5) is 25.4. The minimum atomic E-state index is -1.02. The first kappa shape index (κ1) is 21.5. The molecule has 0 aromatic heterocycles. The van der Waals surface area contributed by atoms with Crippen molar-refractivity contribution < 1.29 is 49.0 Å². The van der Waals surface area contributed by atoms with E-state index < -0.39 is 41.0 Å². The van der Waals surface area contributed by atoms with Crippen LogP contribution in [0.3, 0.4) is 0 Å². The Balaban J connectivity index is 1.66. The Morgan fingerprint density at radius 3 is 2.71 bits per heavy atom. The number of ether oxygens (including phenoxy) is 1. The van der Waals surface area contributed by atoms with Gasteiger partial charge >= 0.3 is 176 Å². The van der Waals surface area contributed by atoms with Crippen LogP contribution in [0.4, 0.5) is 0 Å². The predicted molar refractivity (Wildman–Crippen MR) is 98.2 cm³/mol. The number of fused-ring (bicyclic) bond motifs is 1. The summed E-state index contributed by atoms with van der Waals surface area (Å²) in [5, 5.41) is 12.8. The van der Waals surface area contributed by atoms with Crippen LogP contribution in [0.5, 0.6) is 0 Å². The fourth-order valence-corrected chi connectivity index (χ4v) is 4.74. The van der Waals surface area contributed by atoms with Crippen LogP contribution in [0.25, 0.3) is 0 Å². The van der Waals surface area contributed by atoms with E-state index in [0.29, 0.717) is 36.4 Å². The van der Waals surface area contributed by atoms with Gasteiger partial charge in [0.25, 0.3) is 0 Å². The van der Waals surface area contributed by atoms with E-state index in [-0.39, 0.29) is 11.8 Å². The molecule has 0 aliphatic carbocycles. The standard InChI is InChI=1S/C18H25BIN2O6/c1-11(2)16(18(24)28-20-22-6-8-26-9-7-22)21-17(23)14-5-4-13-10-27-19(25)15(13)12(14)3/h4-5,11,16,25H,6-10H2,1-3H3,(H,21,23)/q-1. The SMILES string of the molecule is Cc1c(C(=O)NC(C(=O)O[I-]N2CCOCC2)C(C)C)ccc2c1B(O)OC2. The number of rotatable bonds is 6. The number of carbonyl (C=O) groups is 2. The molecule has 0 spiro atoms. The Kier molecular flexibility index (Phi) is 7.32. The van der Waals surface area contributed by atoms with E-state index in [2.05, 4.69) is 8.43 Å². The molecule has 1 amide bonds. The van der Waals surface area contributed by atoms with E-state index in [0.717, 1.165) is 18.7 Å². The van der Waals surface area contributed by atoms with Crippen molar-refractivity contribution in [2.75, 3.05) is 26.3 Å². The number of benzene rings is 1. The van der Waals surface area contributed by atoms with Gasteiger partial charge in [-0.05, 0) is 0 Å². The zero-order valence-corrected chi connectivity index (χ0v) is 18.4. The molecule has 154 valence electrons. The molecule has 0 bridgehead atoms. The molecule has 1 aromatic rings. The molecule has 10 heteroatoms. The molecular formula is C18H25BIN2O6-. The summed E-state index contributed by atoms with van der Waals surface area (Å²) in [6, 6.07) is 2.75. The van der Waals surface area contributed by atoms with Gasteiger partial charge in [0.2, 0.25) is 0 Å². The molecular weight excluding hydrogens is 478 g/mol. The second kappa shape index (κ2) is 9.53. The van der Waals surface area contributed by atoms with E-state index in [4.69, 9.17) is 12.5 Å². The second-order valence-electron chi connectivity index (χ2n) is 7.16. The summed E-state index contributed by atoms with van der Waals surface area (Å²) in [5.74, 6) is -0.891. The third-order valence-electron chi connectivity index (χ3n) is 4.87. The number of hydrogen-bond donors (Lipinski definition) is 2. The molecule has 1 atom stereocenters. The third kappa shape index (κ3) is 4.85. The molecule has 1 fully saturated rings. The van der Waals surface area contributed by atoms with Gasteiger partial charge in [0.15, 0.2) is 0 Å². The van der Waals surface area contributed by atoms with Crippen LogP contribution in [0, 0.1) is 12.8 Å². The molecule has 2 heterocycles. The van der Waals surface area contributed by atoms with Crippen molar-refractivity contribution in [1.29, 1.82) is 0 Å². The van der Waals surface area contributed by atoms with Crippen molar-refractivity contribution >= 4 is 24.5 Å². The summed E-state index contributed by atoms with van der Waals surface area (Å²) < 4.78 is 18.2. The zero-order valence-electron chi connectivity index (χ0n) is 16.2. The Hall–Kier alpha value is -1.21. The Morgan fingerprint density at radius 1 is 1.32 bits per heavy atom. The average Bonchev–Trinajstić information content (AvgIpc) is 3.06. The number of amides is 1. The number of nitrogens with one attached hydrogen (secondary N) is 1. The number of halogens is 1. The van der Waals surface area contributed by atoms with E-state index in [1.165, 1.54) is 0 Å². The first-order chi connectivity index (χ1) is 13.4. The van der Waals surface area contributed by atoms with Crippen molar-refractivity contribution in [3.05, 3.63) is 28.8 Å². The van der Waals surface area contributed by atoms with Crippen LogP contribution in [0.1, 0.15) is 35.3 Å². The van der Waals surface area contributed by atoms with Gasteiger partial charge < -0.3 is 0 Å². The quantitative estimate of drug-likeness (QED) is 0.240. The van der Waals surface area contributed by atoms with Gasteiger partial charge in [0, 0.05) is 0 Å². The van der Waals surface area contributed by atoms with Crippen LogP contribution in [-0.4, -0.2) is 59.5 Å². The zero-order chi connectivity index (χ0) is 20.3. The Labute approximate surface area is 176 Å². The number of nitrogens with zero attached hydrogens (tertiary/aromatic N) is 1. The summed E-state index contributed by atoms with van der Waals surface area (Å²) >= 11 is -0.891. The normalized spacial score (nSPS) is 18.2. The fraction of sp³-hybridized carbons (Fsp3) is 0.556. The number of hydrogen-bond acceptors (Lipinski definition) is 7. The molecule has 0 saturated carbocycles. The van der Waals surface area contributed by atoms with E-state index in [1.807, 2.05) is 13.8 Å². The maximum absolute atomic E-state index is 12.8. The molecule has 1 saturated heterocycles. The summed E-state index contributed by atoms with van der Waals surface area (Å²) in [7, 11) is -1.02. The second-order valence-corrected chi connectivity index (χ2v) is 9.36. The molecule has 3 rings (SSSR count). The van der Waals surface area contributed by atoms with Crippen LogP contribution in [0.2, 0.25) is 0 Å². The molecule has 0 radical (unpaired) electrons. The monoisotopic (exact) mass is 503 g/mol. The Bertz CT molecular complexity index is 741. The van der Waals surface area contributed by atoms with Crippen molar-refractivity contribution in [3.8, 4) is 0 Å². The fourth-order valence-electron chi connectivity index (χ4n) is 3.21. The van der Waals surface area contributed by atoms with Crippen molar-refractivity contribution in [1.82, 2.24) is 8.43 Å². The summed E-state index contributed by atoms with van der Waals surface area (Å²) in [5.41, 5.74) is 2.59. The van der Waals surface area contributed by atoms with Crippen LogP contribution in [-0.2, 0) is 23.9 Å². The van der Waals surface area contributed by atoms with E-state index in [1.54, 1.807) is 19.1 Å². The van der Waals surface area contributed by atoms with Gasteiger partial charge in [-0.25, -0.2) is 0 Å². The van der Waals surface area contributed by atoms with Gasteiger partial charge in [-0.1, -0.05) is 0 Å². The third-order valence-corrected chi connectivity index (χ3v) is 7.02. The van der Waals surface area contributed by atoms with Gasteiger partial charge in [-0.15, -0.1) is 0 Å². The van der Waals surface area contributed by atoms with E-state index in [9.17, 15) is 14.6 Å². The minimum absolute atomic E-state index is 0.117. The van der Waals surface area contributed by atoms with Crippen molar-refractivity contribution in [2.45, 2.75) is 33.4 Å². The molecule has 1 aromatic carbocycles. The molecule has 2 aliphatic heterocycles. The van der Waals surface area contributed by atoms with Crippen LogP contribution >= 0.6 is 0 Å². The number of morpholine rings is 1. The van der Waals surface area contributed by atoms with Gasteiger partial charge in [-0.3, -0.25) is 0 Å². The molecule has 28 heavy (non-hydrogen) atoms. The topological polar surface area (TPSA) is 97.3 Å². The van der Waals surface area contributed by atoms with Crippen molar-refractivity contribution in [3.63, 3.8) is 0 Å². The first-order valence-corrected chi connectivity index (χ1v) is 11.1. The Morgan fingerprint density at radius 2 is 2.04 bits per heavy atom. The predicted octanol–water partition coefficient (Wildman–Crippen LogP) is -3.24. The van der Waals surface area contributed by atoms with Gasteiger partial charge in [0.05, 0.1) is 0 Å². The van der Waals surface area contributed by atoms with Gasteiger partial charge in [-0.2, -0.15) is 0 Å². The molecule has 8 nitrogen and oxygen atoms in total.